The molecule has 0 spiro atoms. The van der Waals surface area contributed by atoms with E-state index >= 15 is 0 Å². The van der Waals surface area contributed by atoms with Crippen molar-refractivity contribution in [2.75, 3.05) is 32.8 Å². The monoisotopic (exact) mass is 342 g/mol. The Morgan fingerprint density at radius 2 is 2.22 bits per heavy atom. The topological polar surface area (TPSA) is 68.2 Å². The molecule has 3 rings (SSSR count). The summed E-state index contributed by atoms with van der Waals surface area (Å²) < 4.78 is 7.17. The Balaban J connectivity index is 0.00000192. The Morgan fingerprint density at radius 3 is 2.91 bits per heavy atom. The smallest absolute Gasteiger partial charge is 0.225 e. The fraction of sp³-hybridized carbons (Fsp3) is 0.750. The fourth-order valence-electron chi connectivity index (χ4n) is 3.50. The zero-order valence-electron chi connectivity index (χ0n) is 13.7. The van der Waals surface area contributed by atoms with E-state index in [1.54, 1.807) is 4.68 Å². The molecule has 3 heterocycles. The standard InChI is InChI=1S/C16H26N4O2.ClH/c1-20-11-13(8-19-20)14-9-17-10-15(14)16(21)18-5-2-12-3-6-22-7-4-12;/h8,11-12,14-15,17H,2-7,9-10H2,1H3,(H,18,21);1H/t14-,15+;/m1./s1. The van der Waals surface area contributed by atoms with Crippen molar-refractivity contribution < 1.29 is 9.53 Å². The summed E-state index contributed by atoms with van der Waals surface area (Å²) in [6.45, 7) is 4.12. The number of aromatic nitrogens is 2. The maximum absolute atomic E-state index is 12.5. The molecule has 0 aliphatic carbocycles. The van der Waals surface area contributed by atoms with Gasteiger partial charge in [0.25, 0.3) is 0 Å². The van der Waals surface area contributed by atoms with Gasteiger partial charge in [-0.2, -0.15) is 5.10 Å². The number of amides is 1. The first-order valence-electron chi connectivity index (χ1n) is 8.29. The third-order valence-electron chi connectivity index (χ3n) is 4.90. The van der Waals surface area contributed by atoms with Gasteiger partial charge in [-0.3, -0.25) is 9.48 Å². The number of carbonyl (C=O) groups is 1. The van der Waals surface area contributed by atoms with Crippen LogP contribution in [0.5, 0.6) is 0 Å². The normalized spacial score (nSPS) is 25.1. The maximum Gasteiger partial charge on any atom is 0.225 e. The number of nitrogens with zero attached hydrogens (tertiary/aromatic N) is 2. The van der Waals surface area contributed by atoms with Crippen molar-refractivity contribution in [3.63, 3.8) is 0 Å². The summed E-state index contributed by atoms with van der Waals surface area (Å²) in [5.41, 5.74) is 1.15. The lowest BCUT2D eigenvalue weighted by Gasteiger charge is -2.22. The van der Waals surface area contributed by atoms with Crippen LogP contribution in [0.15, 0.2) is 12.4 Å². The van der Waals surface area contributed by atoms with Gasteiger partial charge in [0.15, 0.2) is 0 Å². The second-order valence-corrected chi connectivity index (χ2v) is 6.45. The highest BCUT2D eigenvalue weighted by Gasteiger charge is 2.34. The van der Waals surface area contributed by atoms with E-state index in [1.165, 1.54) is 0 Å². The summed E-state index contributed by atoms with van der Waals surface area (Å²) in [6.07, 6.45) is 7.20. The SMILES string of the molecule is Cl.Cn1cc([C@H]2CNC[C@@H]2C(=O)NCCC2CCOCC2)cn1. The van der Waals surface area contributed by atoms with Crippen LogP contribution in [0.1, 0.15) is 30.7 Å². The first-order valence-corrected chi connectivity index (χ1v) is 8.29. The summed E-state index contributed by atoms with van der Waals surface area (Å²) >= 11 is 0. The Morgan fingerprint density at radius 1 is 1.43 bits per heavy atom. The largest absolute Gasteiger partial charge is 0.381 e. The van der Waals surface area contributed by atoms with Gasteiger partial charge in [-0.25, -0.2) is 0 Å². The number of rotatable bonds is 5. The fourth-order valence-corrected chi connectivity index (χ4v) is 3.50. The maximum atomic E-state index is 12.5. The Bertz CT molecular complexity index is 502. The van der Waals surface area contributed by atoms with E-state index in [-0.39, 0.29) is 30.2 Å². The molecule has 0 aromatic carbocycles. The molecule has 6 nitrogen and oxygen atoms in total. The van der Waals surface area contributed by atoms with Gasteiger partial charge >= 0.3 is 0 Å². The van der Waals surface area contributed by atoms with Gasteiger partial charge in [-0.15, -0.1) is 12.4 Å². The minimum absolute atomic E-state index is 0. The molecule has 23 heavy (non-hydrogen) atoms. The number of nitrogens with one attached hydrogen (secondary N) is 2. The molecule has 2 aliphatic heterocycles. The molecule has 0 radical (unpaired) electrons. The van der Waals surface area contributed by atoms with E-state index in [9.17, 15) is 4.79 Å². The highest BCUT2D eigenvalue weighted by Crippen LogP contribution is 2.28. The second-order valence-electron chi connectivity index (χ2n) is 6.45. The Hall–Kier alpha value is -1.11. The molecule has 130 valence electrons. The predicted molar refractivity (Wildman–Crippen MR) is 90.7 cm³/mol. The van der Waals surface area contributed by atoms with Crippen molar-refractivity contribution >= 4 is 18.3 Å². The molecule has 0 unspecified atom stereocenters. The summed E-state index contributed by atoms with van der Waals surface area (Å²) in [6, 6.07) is 0. The quantitative estimate of drug-likeness (QED) is 0.840. The minimum Gasteiger partial charge on any atom is -0.381 e. The van der Waals surface area contributed by atoms with Crippen molar-refractivity contribution in [1.82, 2.24) is 20.4 Å². The molecular formula is C16H27ClN4O2. The van der Waals surface area contributed by atoms with Crippen LogP contribution in [0.25, 0.3) is 0 Å². The lowest BCUT2D eigenvalue weighted by molar-refractivity contribution is -0.124. The third kappa shape index (κ3) is 4.68. The van der Waals surface area contributed by atoms with Crippen LogP contribution < -0.4 is 10.6 Å². The highest BCUT2D eigenvalue weighted by molar-refractivity contribution is 5.85. The molecule has 2 aliphatic rings. The van der Waals surface area contributed by atoms with E-state index < -0.39 is 0 Å². The predicted octanol–water partition coefficient (Wildman–Crippen LogP) is 1.08. The first kappa shape index (κ1) is 18.2. The molecule has 2 fully saturated rings. The Kier molecular flexibility index (Phi) is 6.87. The van der Waals surface area contributed by atoms with Gasteiger partial charge in [0.2, 0.25) is 5.91 Å². The lowest BCUT2D eigenvalue weighted by Crippen LogP contribution is -2.35. The van der Waals surface area contributed by atoms with Gasteiger partial charge in [0.05, 0.1) is 12.1 Å². The van der Waals surface area contributed by atoms with Crippen LogP contribution in [0.3, 0.4) is 0 Å². The van der Waals surface area contributed by atoms with Crippen LogP contribution in [0.4, 0.5) is 0 Å². The van der Waals surface area contributed by atoms with Crippen molar-refractivity contribution in [2.45, 2.75) is 25.2 Å². The van der Waals surface area contributed by atoms with Crippen LogP contribution >= 0.6 is 12.4 Å². The van der Waals surface area contributed by atoms with Crippen LogP contribution in [0, 0.1) is 11.8 Å². The molecule has 1 aromatic heterocycles. The zero-order chi connectivity index (χ0) is 15.4. The van der Waals surface area contributed by atoms with Crippen molar-refractivity contribution in [2.24, 2.45) is 18.9 Å². The van der Waals surface area contributed by atoms with Crippen molar-refractivity contribution in [3.05, 3.63) is 18.0 Å². The zero-order valence-corrected chi connectivity index (χ0v) is 14.5. The molecule has 2 atom stereocenters. The molecule has 1 aromatic rings. The van der Waals surface area contributed by atoms with Crippen molar-refractivity contribution in [1.29, 1.82) is 0 Å². The Labute approximate surface area is 143 Å². The van der Waals surface area contributed by atoms with Gasteiger partial charge < -0.3 is 15.4 Å². The number of carbonyl (C=O) groups excluding carboxylic acids is 1. The number of ether oxygens (including phenoxy) is 1. The van der Waals surface area contributed by atoms with Gasteiger partial charge in [-0.1, -0.05) is 0 Å². The van der Waals surface area contributed by atoms with E-state index in [4.69, 9.17) is 4.74 Å². The van der Waals surface area contributed by atoms with Gasteiger partial charge in [0.1, 0.15) is 0 Å². The molecule has 0 bridgehead atoms. The summed E-state index contributed by atoms with van der Waals surface area (Å²) in [4.78, 5) is 12.5. The molecule has 1 amide bonds. The molecule has 0 saturated carbocycles. The molecule has 2 saturated heterocycles. The second kappa shape index (κ2) is 8.66. The summed E-state index contributed by atoms with van der Waals surface area (Å²) in [5.74, 6) is 1.12. The van der Waals surface area contributed by atoms with E-state index in [0.29, 0.717) is 5.92 Å². The lowest BCUT2D eigenvalue weighted by atomic mass is 9.90. The van der Waals surface area contributed by atoms with E-state index in [1.807, 2.05) is 19.4 Å². The average Bonchev–Trinajstić information content (AvgIpc) is 3.16. The van der Waals surface area contributed by atoms with Gasteiger partial charge in [0, 0.05) is 52.0 Å². The average molecular weight is 343 g/mol. The number of aryl methyl sites for hydroxylation is 1. The number of hydrogen-bond acceptors (Lipinski definition) is 4. The van der Waals surface area contributed by atoms with Crippen LogP contribution in [-0.4, -0.2) is 48.5 Å². The van der Waals surface area contributed by atoms with Crippen molar-refractivity contribution in [3.8, 4) is 0 Å². The first-order chi connectivity index (χ1) is 10.7. The minimum atomic E-state index is 0. The number of halogens is 1. The molecular weight excluding hydrogens is 316 g/mol. The molecule has 2 N–H and O–H groups in total. The van der Waals surface area contributed by atoms with Gasteiger partial charge in [-0.05, 0) is 30.7 Å². The third-order valence-corrected chi connectivity index (χ3v) is 4.90. The van der Waals surface area contributed by atoms with E-state index in [0.717, 1.165) is 57.7 Å². The molecule has 7 heteroatoms. The number of hydrogen-bond donors (Lipinski definition) is 2. The van der Waals surface area contributed by atoms with E-state index in [2.05, 4.69) is 15.7 Å². The van der Waals surface area contributed by atoms with Crippen LogP contribution in [0.2, 0.25) is 0 Å². The summed E-state index contributed by atoms with van der Waals surface area (Å²) in [7, 11) is 1.91. The highest BCUT2D eigenvalue weighted by atomic mass is 35.5. The summed E-state index contributed by atoms with van der Waals surface area (Å²) in [5, 5.41) is 10.7. The van der Waals surface area contributed by atoms with Crippen LogP contribution in [-0.2, 0) is 16.6 Å².